The van der Waals surface area contributed by atoms with Crippen molar-refractivity contribution in [2.45, 2.75) is 26.8 Å². The topological polar surface area (TPSA) is 57.8 Å². The van der Waals surface area contributed by atoms with Gasteiger partial charge in [-0.05, 0) is 19.4 Å². The van der Waals surface area contributed by atoms with Gasteiger partial charge in [0, 0.05) is 6.92 Å². The second kappa shape index (κ2) is 3.38. The van der Waals surface area contributed by atoms with E-state index in [2.05, 4.69) is 15.5 Å². The molecule has 1 amide bonds. The Labute approximate surface area is 71.4 Å². The normalized spacial score (nSPS) is 12.6. The van der Waals surface area contributed by atoms with Crippen molar-refractivity contribution in [3.05, 3.63) is 17.5 Å². The van der Waals surface area contributed by atoms with E-state index < -0.39 is 0 Å². The van der Waals surface area contributed by atoms with Crippen LogP contribution >= 0.6 is 0 Å². The molecule has 0 saturated heterocycles. The second-order valence-corrected chi connectivity index (χ2v) is 2.89. The maximum Gasteiger partial charge on any atom is 0.217 e. The highest BCUT2D eigenvalue weighted by Crippen LogP contribution is 2.12. The lowest BCUT2D eigenvalue weighted by Gasteiger charge is -2.10. The number of aromatic amines is 1. The lowest BCUT2D eigenvalue weighted by molar-refractivity contribution is -0.119. The summed E-state index contributed by atoms with van der Waals surface area (Å²) in [7, 11) is 0. The Hall–Kier alpha value is -1.32. The van der Waals surface area contributed by atoms with Gasteiger partial charge in [-0.3, -0.25) is 9.89 Å². The number of rotatable bonds is 2. The van der Waals surface area contributed by atoms with Crippen LogP contribution in [0.1, 0.15) is 31.1 Å². The van der Waals surface area contributed by atoms with Gasteiger partial charge >= 0.3 is 0 Å². The van der Waals surface area contributed by atoms with Crippen molar-refractivity contribution in [2.24, 2.45) is 0 Å². The Balaban J connectivity index is 2.71. The Kier molecular flexibility index (Phi) is 2.47. The molecule has 0 aliphatic rings. The van der Waals surface area contributed by atoms with Gasteiger partial charge in [-0.15, -0.1) is 0 Å². The van der Waals surface area contributed by atoms with Crippen molar-refractivity contribution >= 4 is 5.91 Å². The van der Waals surface area contributed by atoms with Gasteiger partial charge in [0.2, 0.25) is 5.91 Å². The standard InChI is InChI=1S/C8H13N3O/c1-5-4-9-11-8(5)6(2)10-7(3)12/h4,6H,1-3H3,(H,9,11)(H,10,12)/t6-/m0/s1. The van der Waals surface area contributed by atoms with Crippen molar-refractivity contribution in [2.75, 3.05) is 0 Å². The maximum absolute atomic E-state index is 10.7. The minimum absolute atomic E-state index is 0.00463. The molecule has 0 bridgehead atoms. The van der Waals surface area contributed by atoms with Gasteiger partial charge in [-0.2, -0.15) is 5.10 Å². The summed E-state index contributed by atoms with van der Waals surface area (Å²) < 4.78 is 0. The van der Waals surface area contributed by atoms with E-state index in [0.29, 0.717) is 0 Å². The second-order valence-electron chi connectivity index (χ2n) is 2.89. The van der Waals surface area contributed by atoms with Crippen LogP contribution in [0.5, 0.6) is 0 Å². The lowest BCUT2D eigenvalue weighted by atomic mass is 10.1. The van der Waals surface area contributed by atoms with Crippen molar-refractivity contribution in [1.29, 1.82) is 0 Å². The molecule has 0 aliphatic heterocycles. The van der Waals surface area contributed by atoms with Gasteiger partial charge in [0.1, 0.15) is 0 Å². The number of carbonyl (C=O) groups is 1. The molecular weight excluding hydrogens is 154 g/mol. The molecule has 0 fully saturated rings. The monoisotopic (exact) mass is 167 g/mol. The van der Waals surface area contributed by atoms with Crippen LogP contribution in [0.3, 0.4) is 0 Å². The highest BCUT2D eigenvalue weighted by atomic mass is 16.1. The first-order valence-electron chi connectivity index (χ1n) is 3.88. The zero-order chi connectivity index (χ0) is 9.14. The van der Waals surface area contributed by atoms with Crippen LogP contribution in [0.2, 0.25) is 0 Å². The molecule has 66 valence electrons. The lowest BCUT2D eigenvalue weighted by Crippen LogP contribution is -2.24. The van der Waals surface area contributed by atoms with E-state index in [-0.39, 0.29) is 11.9 Å². The SMILES string of the molecule is CC(=O)N[C@@H](C)c1[nH]ncc1C. The average Bonchev–Trinajstić information content (AvgIpc) is 2.33. The minimum Gasteiger partial charge on any atom is -0.348 e. The Morgan fingerprint density at radius 3 is 2.83 bits per heavy atom. The molecule has 0 saturated carbocycles. The first-order chi connectivity index (χ1) is 5.61. The van der Waals surface area contributed by atoms with Crippen molar-refractivity contribution < 1.29 is 4.79 Å². The van der Waals surface area contributed by atoms with E-state index in [4.69, 9.17) is 0 Å². The highest BCUT2D eigenvalue weighted by Gasteiger charge is 2.10. The third-order valence-corrected chi connectivity index (χ3v) is 1.72. The maximum atomic E-state index is 10.7. The Bertz CT molecular complexity index is 280. The van der Waals surface area contributed by atoms with E-state index in [1.807, 2.05) is 13.8 Å². The zero-order valence-corrected chi connectivity index (χ0v) is 7.51. The molecule has 1 rings (SSSR count). The van der Waals surface area contributed by atoms with Crippen LogP contribution in [-0.2, 0) is 4.79 Å². The highest BCUT2D eigenvalue weighted by molar-refractivity contribution is 5.73. The molecular formula is C8H13N3O. The summed E-state index contributed by atoms with van der Waals surface area (Å²) in [5, 5.41) is 9.50. The van der Waals surface area contributed by atoms with Crippen LogP contribution in [0.25, 0.3) is 0 Å². The fourth-order valence-electron chi connectivity index (χ4n) is 1.17. The summed E-state index contributed by atoms with van der Waals surface area (Å²) >= 11 is 0. The van der Waals surface area contributed by atoms with E-state index in [9.17, 15) is 4.79 Å². The first-order valence-corrected chi connectivity index (χ1v) is 3.88. The quantitative estimate of drug-likeness (QED) is 0.688. The van der Waals surface area contributed by atoms with Gasteiger partial charge in [-0.1, -0.05) is 0 Å². The zero-order valence-electron chi connectivity index (χ0n) is 7.51. The number of nitrogens with zero attached hydrogens (tertiary/aromatic N) is 1. The molecule has 0 radical (unpaired) electrons. The number of aromatic nitrogens is 2. The number of aryl methyl sites for hydroxylation is 1. The molecule has 1 aromatic heterocycles. The van der Waals surface area contributed by atoms with Gasteiger partial charge in [-0.25, -0.2) is 0 Å². The molecule has 0 unspecified atom stereocenters. The van der Waals surface area contributed by atoms with Crippen LogP contribution < -0.4 is 5.32 Å². The van der Waals surface area contributed by atoms with Gasteiger partial charge in [0.25, 0.3) is 0 Å². The molecule has 0 aromatic carbocycles. The minimum atomic E-state index is -0.0310. The third kappa shape index (κ3) is 1.84. The molecule has 0 spiro atoms. The summed E-state index contributed by atoms with van der Waals surface area (Å²) in [6.45, 7) is 5.38. The van der Waals surface area contributed by atoms with Crippen LogP contribution in [0.4, 0.5) is 0 Å². The fourth-order valence-corrected chi connectivity index (χ4v) is 1.17. The average molecular weight is 167 g/mol. The largest absolute Gasteiger partial charge is 0.348 e. The molecule has 1 heterocycles. The van der Waals surface area contributed by atoms with Gasteiger partial charge in [0.05, 0.1) is 17.9 Å². The van der Waals surface area contributed by atoms with Crippen molar-refractivity contribution in [1.82, 2.24) is 15.5 Å². The molecule has 0 aliphatic carbocycles. The van der Waals surface area contributed by atoms with E-state index in [0.717, 1.165) is 11.3 Å². The molecule has 2 N–H and O–H groups in total. The molecule has 12 heavy (non-hydrogen) atoms. The van der Waals surface area contributed by atoms with Crippen molar-refractivity contribution in [3.8, 4) is 0 Å². The third-order valence-electron chi connectivity index (χ3n) is 1.72. The summed E-state index contributed by atoms with van der Waals surface area (Å²) in [5.74, 6) is -0.0310. The van der Waals surface area contributed by atoms with E-state index in [1.165, 1.54) is 6.92 Å². The molecule has 1 atom stereocenters. The van der Waals surface area contributed by atoms with E-state index in [1.54, 1.807) is 6.20 Å². The van der Waals surface area contributed by atoms with Crippen LogP contribution in [0, 0.1) is 6.92 Å². The number of amides is 1. The summed E-state index contributed by atoms with van der Waals surface area (Å²) in [6, 6.07) is 0.00463. The van der Waals surface area contributed by atoms with Gasteiger partial charge < -0.3 is 5.32 Å². The number of nitrogens with one attached hydrogen (secondary N) is 2. The fraction of sp³-hybridized carbons (Fsp3) is 0.500. The number of hydrogen-bond acceptors (Lipinski definition) is 2. The first kappa shape index (κ1) is 8.77. The Morgan fingerprint density at radius 1 is 1.75 bits per heavy atom. The number of hydrogen-bond donors (Lipinski definition) is 2. The van der Waals surface area contributed by atoms with Crippen LogP contribution in [-0.4, -0.2) is 16.1 Å². The summed E-state index contributed by atoms with van der Waals surface area (Å²) in [4.78, 5) is 10.7. The molecule has 4 heteroatoms. The van der Waals surface area contributed by atoms with E-state index >= 15 is 0 Å². The smallest absolute Gasteiger partial charge is 0.217 e. The predicted octanol–water partition coefficient (Wildman–Crippen LogP) is 0.915. The van der Waals surface area contributed by atoms with Crippen molar-refractivity contribution in [3.63, 3.8) is 0 Å². The number of H-pyrrole nitrogens is 1. The molecule has 4 nitrogen and oxygen atoms in total. The van der Waals surface area contributed by atoms with Crippen LogP contribution in [0.15, 0.2) is 6.20 Å². The summed E-state index contributed by atoms with van der Waals surface area (Å²) in [5.41, 5.74) is 2.03. The molecule has 1 aromatic rings. The Morgan fingerprint density at radius 2 is 2.42 bits per heavy atom. The predicted molar refractivity (Wildman–Crippen MR) is 45.6 cm³/mol. The summed E-state index contributed by atoms with van der Waals surface area (Å²) in [6.07, 6.45) is 1.74. The number of carbonyl (C=O) groups excluding carboxylic acids is 1. The van der Waals surface area contributed by atoms with Gasteiger partial charge in [0.15, 0.2) is 0 Å².